The van der Waals surface area contributed by atoms with Crippen LogP contribution in [-0.4, -0.2) is 32.6 Å². The molecule has 0 saturated heterocycles. The molecule has 0 bridgehead atoms. The quantitative estimate of drug-likeness (QED) is 0.833. The van der Waals surface area contributed by atoms with Crippen LogP contribution in [0, 0.1) is 6.92 Å². The average molecular weight is 246 g/mol. The minimum Gasteiger partial charge on any atom is -0.508 e. The first-order valence-corrected chi connectivity index (χ1v) is 5.59. The van der Waals surface area contributed by atoms with Crippen LogP contribution in [0.1, 0.15) is 15.9 Å². The van der Waals surface area contributed by atoms with Crippen molar-refractivity contribution in [2.75, 3.05) is 6.54 Å². The third-order valence-electron chi connectivity index (χ3n) is 2.56. The molecular weight excluding hydrogens is 232 g/mol. The van der Waals surface area contributed by atoms with Gasteiger partial charge in [0, 0.05) is 18.3 Å². The van der Waals surface area contributed by atoms with Gasteiger partial charge in [-0.15, -0.1) is 5.10 Å². The summed E-state index contributed by atoms with van der Waals surface area (Å²) in [6, 6.07) is 4.76. The number of carbonyl (C=O) groups is 1. The van der Waals surface area contributed by atoms with E-state index in [0.717, 1.165) is 0 Å². The van der Waals surface area contributed by atoms with Crippen molar-refractivity contribution in [3.63, 3.8) is 0 Å². The molecule has 0 aliphatic rings. The number of aryl methyl sites for hydroxylation is 1. The smallest absolute Gasteiger partial charge is 0.251 e. The maximum absolute atomic E-state index is 11.8. The fourth-order valence-corrected chi connectivity index (χ4v) is 1.53. The second-order valence-electron chi connectivity index (χ2n) is 3.92. The van der Waals surface area contributed by atoms with Gasteiger partial charge < -0.3 is 10.4 Å². The molecule has 0 aliphatic carbocycles. The summed E-state index contributed by atoms with van der Waals surface area (Å²) in [5.74, 6) is 0.0207. The molecular formula is C12H14N4O2. The zero-order valence-corrected chi connectivity index (χ0v) is 10.00. The van der Waals surface area contributed by atoms with Gasteiger partial charge in [-0.1, -0.05) is 5.21 Å². The number of aromatic hydroxyl groups is 1. The Kier molecular flexibility index (Phi) is 3.57. The number of nitrogens with one attached hydrogen (secondary N) is 1. The van der Waals surface area contributed by atoms with Gasteiger partial charge in [0.1, 0.15) is 5.75 Å². The van der Waals surface area contributed by atoms with Gasteiger partial charge in [0.25, 0.3) is 5.91 Å². The summed E-state index contributed by atoms with van der Waals surface area (Å²) in [4.78, 5) is 11.8. The van der Waals surface area contributed by atoms with E-state index >= 15 is 0 Å². The van der Waals surface area contributed by atoms with Crippen molar-refractivity contribution in [1.29, 1.82) is 0 Å². The number of hydrogen-bond donors (Lipinski definition) is 2. The molecule has 0 unspecified atom stereocenters. The number of benzene rings is 1. The van der Waals surface area contributed by atoms with Gasteiger partial charge in [-0.3, -0.25) is 9.48 Å². The van der Waals surface area contributed by atoms with E-state index < -0.39 is 0 Å². The molecule has 0 atom stereocenters. The zero-order chi connectivity index (χ0) is 13.0. The number of amides is 1. The lowest BCUT2D eigenvalue weighted by atomic mass is 10.1. The highest BCUT2D eigenvalue weighted by molar-refractivity contribution is 5.94. The lowest BCUT2D eigenvalue weighted by molar-refractivity contribution is 0.0952. The summed E-state index contributed by atoms with van der Waals surface area (Å²) >= 11 is 0. The van der Waals surface area contributed by atoms with Gasteiger partial charge in [0.05, 0.1) is 12.7 Å². The van der Waals surface area contributed by atoms with E-state index in [9.17, 15) is 9.90 Å². The van der Waals surface area contributed by atoms with Gasteiger partial charge in [-0.25, -0.2) is 0 Å². The van der Waals surface area contributed by atoms with Crippen molar-refractivity contribution in [3.05, 3.63) is 41.7 Å². The van der Waals surface area contributed by atoms with Crippen LogP contribution >= 0.6 is 0 Å². The first-order valence-electron chi connectivity index (χ1n) is 5.59. The topological polar surface area (TPSA) is 80.0 Å². The molecule has 0 radical (unpaired) electrons. The molecule has 94 valence electrons. The lowest BCUT2D eigenvalue weighted by Gasteiger charge is -2.06. The van der Waals surface area contributed by atoms with E-state index in [4.69, 9.17) is 0 Å². The molecule has 0 spiro atoms. The minimum atomic E-state index is -0.168. The van der Waals surface area contributed by atoms with Gasteiger partial charge in [0.15, 0.2) is 0 Å². The van der Waals surface area contributed by atoms with E-state index in [-0.39, 0.29) is 11.7 Å². The van der Waals surface area contributed by atoms with Crippen LogP contribution < -0.4 is 5.32 Å². The Balaban J connectivity index is 1.89. The van der Waals surface area contributed by atoms with Gasteiger partial charge >= 0.3 is 0 Å². The molecule has 1 aromatic carbocycles. The highest BCUT2D eigenvalue weighted by atomic mass is 16.3. The third kappa shape index (κ3) is 2.85. The van der Waals surface area contributed by atoms with Crippen LogP contribution in [0.15, 0.2) is 30.6 Å². The van der Waals surface area contributed by atoms with Crippen LogP contribution in [0.2, 0.25) is 0 Å². The number of aromatic nitrogens is 3. The van der Waals surface area contributed by atoms with E-state index in [0.29, 0.717) is 24.2 Å². The summed E-state index contributed by atoms with van der Waals surface area (Å²) in [6.45, 7) is 2.80. The second kappa shape index (κ2) is 5.31. The molecule has 0 saturated carbocycles. The summed E-state index contributed by atoms with van der Waals surface area (Å²) < 4.78 is 1.64. The fraction of sp³-hybridized carbons (Fsp3) is 0.250. The summed E-state index contributed by atoms with van der Waals surface area (Å²) in [5.41, 5.74) is 1.21. The largest absolute Gasteiger partial charge is 0.508 e. The molecule has 0 aliphatic heterocycles. The second-order valence-corrected chi connectivity index (χ2v) is 3.92. The van der Waals surface area contributed by atoms with Crippen LogP contribution in [-0.2, 0) is 6.54 Å². The molecule has 2 N–H and O–H groups in total. The van der Waals surface area contributed by atoms with E-state index in [1.54, 1.807) is 36.1 Å². The molecule has 6 heteroatoms. The van der Waals surface area contributed by atoms with Crippen molar-refractivity contribution in [2.24, 2.45) is 0 Å². The molecule has 2 aromatic rings. The Morgan fingerprint density at radius 1 is 1.50 bits per heavy atom. The zero-order valence-electron chi connectivity index (χ0n) is 10.00. The lowest BCUT2D eigenvalue weighted by Crippen LogP contribution is -2.27. The highest BCUT2D eigenvalue weighted by Gasteiger charge is 2.06. The van der Waals surface area contributed by atoms with Crippen LogP contribution in [0.4, 0.5) is 0 Å². The Bertz CT molecular complexity index is 537. The van der Waals surface area contributed by atoms with Crippen molar-refractivity contribution in [1.82, 2.24) is 20.3 Å². The Morgan fingerprint density at radius 3 is 3.00 bits per heavy atom. The van der Waals surface area contributed by atoms with Crippen LogP contribution in [0.25, 0.3) is 0 Å². The van der Waals surface area contributed by atoms with Gasteiger partial charge in [-0.05, 0) is 30.7 Å². The number of phenols is 1. The van der Waals surface area contributed by atoms with Crippen LogP contribution in [0.3, 0.4) is 0 Å². The van der Waals surface area contributed by atoms with Crippen molar-refractivity contribution in [2.45, 2.75) is 13.5 Å². The molecule has 2 rings (SSSR count). The monoisotopic (exact) mass is 246 g/mol. The molecule has 18 heavy (non-hydrogen) atoms. The Labute approximate surface area is 104 Å². The normalized spacial score (nSPS) is 10.3. The van der Waals surface area contributed by atoms with Crippen molar-refractivity contribution in [3.8, 4) is 5.75 Å². The van der Waals surface area contributed by atoms with Crippen molar-refractivity contribution >= 4 is 5.91 Å². The number of phenolic OH excluding ortho intramolecular Hbond substituents is 1. The third-order valence-corrected chi connectivity index (χ3v) is 2.56. The Hall–Kier alpha value is -2.37. The minimum absolute atomic E-state index is 0.168. The molecule has 1 heterocycles. The van der Waals surface area contributed by atoms with E-state index in [1.165, 1.54) is 6.07 Å². The molecule has 0 fully saturated rings. The Morgan fingerprint density at radius 2 is 2.33 bits per heavy atom. The maximum Gasteiger partial charge on any atom is 0.251 e. The standard InChI is InChI=1S/C12H14N4O2/c1-9-8-10(2-3-11(9)17)12(18)13-4-6-16-7-5-14-15-16/h2-3,5,7-8,17H,4,6H2,1H3,(H,13,18). The average Bonchev–Trinajstić information content (AvgIpc) is 2.85. The number of rotatable bonds is 4. The summed E-state index contributed by atoms with van der Waals surface area (Å²) in [6.07, 6.45) is 3.32. The van der Waals surface area contributed by atoms with Gasteiger partial charge in [-0.2, -0.15) is 0 Å². The fourth-order valence-electron chi connectivity index (χ4n) is 1.53. The molecule has 1 amide bonds. The van der Waals surface area contributed by atoms with Crippen LogP contribution in [0.5, 0.6) is 5.75 Å². The summed E-state index contributed by atoms with van der Waals surface area (Å²) in [5, 5.41) is 19.6. The molecule has 6 nitrogen and oxygen atoms in total. The molecule has 1 aromatic heterocycles. The van der Waals surface area contributed by atoms with E-state index in [2.05, 4.69) is 15.6 Å². The summed E-state index contributed by atoms with van der Waals surface area (Å²) in [7, 11) is 0. The number of nitrogens with zero attached hydrogens (tertiary/aromatic N) is 3. The van der Waals surface area contributed by atoms with Gasteiger partial charge in [0.2, 0.25) is 0 Å². The predicted molar refractivity (Wildman–Crippen MR) is 65.2 cm³/mol. The maximum atomic E-state index is 11.8. The predicted octanol–water partition coefficient (Wildman–Crippen LogP) is 0.722. The highest BCUT2D eigenvalue weighted by Crippen LogP contribution is 2.16. The first-order chi connectivity index (χ1) is 8.66. The first kappa shape index (κ1) is 12.1. The number of carbonyl (C=O) groups excluding carboxylic acids is 1. The van der Waals surface area contributed by atoms with E-state index in [1.807, 2.05) is 0 Å². The number of hydrogen-bond acceptors (Lipinski definition) is 4. The SMILES string of the molecule is Cc1cc(C(=O)NCCn2ccnn2)ccc1O. The van der Waals surface area contributed by atoms with Crippen molar-refractivity contribution < 1.29 is 9.90 Å².